The fourth-order valence-corrected chi connectivity index (χ4v) is 3.63. The number of nitrogens with zero attached hydrogens (tertiary/aromatic N) is 2. The van der Waals surface area contributed by atoms with Crippen LogP contribution < -0.4 is 4.90 Å². The number of aliphatic hydroxyl groups excluding tert-OH is 1. The van der Waals surface area contributed by atoms with Gasteiger partial charge in [-0.05, 0) is 25.0 Å². The molecule has 0 saturated carbocycles. The molecule has 0 spiro atoms. The van der Waals surface area contributed by atoms with Crippen molar-refractivity contribution in [2.24, 2.45) is 0 Å². The molecule has 0 aromatic heterocycles. The number of para-hydroxylation sites is 1. The second-order valence-electron chi connectivity index (χ2n) is 6.11. The van der Waals surface area contributed by atoms with E-state index in [1.165, 1.54) is 6.07 Å². The molecule has 2 heterocycles. The Kier molecular flexibility index (Phi) is 4.31. The van der Waals surface area contributed by atoms with Crippen LogP contribution in [0, 0.1) is 5.82 Å². The zero-order valence-electron chi connectivity index (χ0n) is 12.4. The molecule has 22 heavy (non-hydrogen) atoms. The average Bonchev–Trinajstić information content (AvgIpc) is 2.90. The van der Waals surface area contributed by atoms with E-state index in [1.807, 2.05) is 15.9 Å². The van der Waals surface area contributed by atoms with Crippen molar-refractivity contribution in [3.05, 3.63) is 30.1 Å². The van der Waals surface area contributed by atoms with Gasteiger partial charge in [0, 0.05) is 32.1 Å². The minimum Gasteiger partial charge on any atom is -0.480 e. The number of β-amino-alcohol motifs (C(OH)–C–C–N with tert-alkyl or cyclic N) is 1. The predicted molar refractivity (Wildman–Crippen MR) is 80.4 cm³/mol. The lowest BCUT2D eigenvalue weighted by Gasteiger charge is -2.39. The molecule has 3 rings (SSSR count). The highest BCUT2D eigenvalue weighted by Crippen LogP contribution is 2.29. The Morgan fingerprint density at radius 2 is 1.91 bits per heavy atom. The first-order chi connectivity index (χ1) is 10.6. The summed E-state index contributed by atoms with van der Waals surface area (Å²) >= 11 is 0. The maximum Gasteiger partial charge on any atom is 0.321 e. The van der Waals surface area contributed by atoms with Gasteiger partial charge < -0.3 is 15.1 Å². The van der Waals surface area contributed by atoms with Crippen molar-refractivity contribution in [1.29, 1.82) is 0 Å². The van der Waals surface area contributed by atoms with Crippen LogP contribution in [0.25, 0.3) is 0 Å². The molecule has 2 aliphatic heterocycles. The minimum atomic E-state index is -0.868. The normalized spacial score (nSPS) is 27.3. The van der Waals surface area contributed by atoms with Crippen LogP contribution in [0.15, 0.2) is 24.3 Å². The summed E-state index contributed by atoms with van der Waals surface area (Å²) < 4.78 is 13.8. The average molecular weight is 308 g/mol. The van der Waals surface area contributed by atoms with Crippen LogP contribution in [0.1, 0.15) is 19.3 Å². The van der Waals surface area contributed by atoms with Gasteiger partial charge in [-0.15, -0.1) is 0 Å². The van der Waals surface area contributed by atoms with E-state index in [0.717, 1.165) is 12.8 Å². The molecule has 2 aliphatic rings. The lowest BCUT2D eigenvalue weighted by Crippen LogP contribution is -2.49. The summed E-state index contributed by atoms with van der Waals surface area (Å²) in [6, 6.07) is 6.27. The molecule has 0 unspecified atom stereocenters. The van der Waals surface area contributed by atoms with Crippen molar-refractivity contribution in [3.8, 4) is 0 Å². The van der Waals surface area contributed by atoms with Gasteiger partial charge in [-0.1, -0.05) is 12.1 Å². The standard InChI is InChI=1S/C16H21FN2O3/c17-13-3-1-2-4-14(13)18-7-5-11(6-8-18)19-10-12(20)9-15(19)16(21)22/h1-4,11-12,15,20H,5-10H2,(H,21,22)/t12-,15+/m1/s1. The third-order valence-electron chi connectivity index (χ3n) is 4.73. The highest BCUT2D eigenvalue weighted by atomic mass is 19.1. The van der Waals surface area contributed by atoms with Crippen LogP contribution in [0.3, 0.4) is 0 Å². The van der Waals surface area contributed by atoms with E-state index in [4.69, 9.17) is 0 Å². The fourth-order valence-electron chi connectivity index (χ4n) is 3.63. The fraction of sp³-hybridized carbons (Fsp3) is 0.562. The number of rotatable bonds is 3. The Bertz CT molecular complexity index is 546. The Hall–Kier alpha value is -1.66. The summed E-state index contributed by atoms with van der Waals surface area (Å²) in [4.78, 5) is 15.2. The molecule has 6 heteroatoms. The maximum absolute atomic E-state index is 13.8. The predicted octanol–water partition coefficient (Wildman–Crippen LogP) is 1.31. The van der Waals surface area contributed by atoms with E-state index in [1.54, 1.807) is 12.1 Å². The van der Waals surface area contributed by atoms with Gasteiger partial charge in [0.15, 0.2) is 0 Å². The van der Waals surface area contributed by atoms with Crippen LogP contribution in [0.2, 0.25) is 0 Å². The Morgan fingerprint density at radius 3 is 2.55 bits per heavy atom. The maximum atomic E-state index is 13.8. The number of anilines is 1. The lowest BCUT2D eigenvalue weighted by molar-refractivity contribution is -0.143. The first kappa shape index (κ1) is 15.2. The summed E-state index contributed by atoms with van der Waals surface area (Å²) in [7, 11) is 0. The van der Waals surface area contributed by atoms with E-state index in [0.29, 0.717) is 31.7 Å². The number of carboxylic acid groups (broad SMARTS) is 1. The molecule has 5 nitrogen and oxygen atoms in total. The highest BCUT2D eigenvalue weighted by molar-refractivity contribution is 5.74. The van der Waals surface area contributed by atoms with Crippen molar-refractivity contribution in [2.45, 2.75) is 37.5 Å². The van der Waals surface area contributed by atoms with Gasteiger partial charge in [-0.2, -0.15) is 0 Å². The van der Waals surface area contributed by atoms with Gasteiger partial charge in [-0.25, -0.2) is 4.39 Å². The van der Waals surface area contributed by atoms with Crippen LogP contribution in [-0.4, -0.2) is 58.9 Å². The number of aliphatic carboxylic acids is 1. The van der Waals surface area contributed by atoms with E-state index < -0.39 is 18.1 Å². The highest BCUT2D eigenvalue weighted by Gasteiger charge is 2.40. The van der Waals surface area contributed by atoms with E-state index in [9.17, 15) is 19.4 Å². The second-order valence-corrected chi connectivity index (χ2v) is 6.11. The second kappa shape index (κ2) is 6.22. The topological polar surface area (TPSA) is 64.0 Å². The largest absolute Gasteiger partial charge is 0.480 e. The molecular formula is C16H21FN2O3. The van der Waals surface area contributed by atoms with Gasteiger partial charge in [0.25, 0.3) is 0 Å². The van der Waals surface area contributed by atoms with E-state index in [2.05, 4.69) is 0 Å². The molecule has 120 valence electrons. The molecular weight excluding hydrogens is 287 g/mol. The number of hydrogen-bond donors (Lipinski definition) is 2. The number of carboxylic acids is 1. The number of halogens is 1. The van der Waals surface area contributed by atoms with Gasteiger partial charge in [0.05, 0.1) is 11.8 Å². The first-order valence-corrected chi connectivity index (χ1v) is 7.72. The Morgan fingerprint density at radius 1 is 1.23 bits per heavy atom. The molecule has 2 saturated heterocycles. The third kappa shape index (κ3) is 2.94. The number of hydrogen-bond acceptors (Lipinski definition) is 4. The Labute approximate surface area is 129 Å². The summed E-state index contributed by atoms with van der Waals surface area (Å²) in [6.07, 6.45) is 1.30. The number of benzene rings is 1. The van der Waals surface area contributed by atoms with Gasteiger partial charge >= 0.3 is 5.97 Å². The number of likely N-dealkylation sites (tertiary alicyclic amines) is 1. The summed E-state index contributed by atoms with van der Waals surface area (Å²) in [5.41, 5.74) is 0.609. The molecule has 0 radical (unpaired) electrons. The summed E-state index contributed by atoms with van der Waals surface area (Å²) in [6.45, 7) is 1.82. The Balaban J connectivity index is 1.64. The number of piperidine rings is 1. The summed E-state index contributed by atoms with van der Waals surface area (Å²) in [5.74, 6) is -1.09. The van der Waals surface area contributed by atoms with Crippen LogP contribution in [-0.2, 0) is 4.79 Å². The van der Waals surface area contributed by atoms with Crippen molar-refractivity contribution < 1.29 is 19.4 Å². The van der Waals surface area contributed by atoms with E-state index in [-0.39, 0.29) is 11.9 Å². The van der Waals surface area contributed by atoms with Crippen molar-refractivity contribution in [1.82, 2.24) is 4.90 Å². The van der Waals surface area contributed by atoms with Gasteiger partial charge in [0.2, 0.25) is 0 Å². The van der Waals surface area contributed by atoms with Crippen molar-refractivity contribution in [3.63, 3.8) is 0 Å². The summed E-state index contributed by atoms with van der Waals surface area (Å²) in [5, 5.41) is 19.0. The molecule has 1 aromatic rings. The molecule has 0 amide bonds. The van der Waals surface area contributed by atoms with Crippen LogP contribution in [0.4, 0.5) is 10.1 Å². The smallest absolute Gasteiger partial charge is 0.321 e. The number of carbonyl (C=O) groups is 1. The number of aliphatic hydroxyl groups is 1. The van der Waals surface area contributed by atoms with Crippen LogP contribution >= 0.6 is 0 Å². The zero-order chi connectivity index (χ0) is 15.7. The molecule has 0 aliphatic carbocycles. The van der Waals surface area contributed by atoms with Crippen LogP contribution in [0.5, 0.6) is 0 Å². The third-order valence-corrected chi connectivity index (χ3v) is 4.73. The molecule has 1 aromatic carbocycles. The SMILES string of the molecule is O=C(O)[C@@H]1C[C@@H](O)CN1C1CCN(c2ccccc2F)CC1. The first-order valence-electron chi connectivity index (χ1n) is 7.72. The van der Waals surface area contributed by atoms with Crippen molar-refractivity contribution >= 4 is 11.7 Å². The van der Waals surface area contributed by atoms with Gasteiger partial charge in [-0.3, -0.25) is 9.69 Å². The molecule has 2 N–H and O–H groups in total. The molecule has 0 bridgehead atoms. The quantitative estimate of drug-likeness (QED) is 0.881. The lowest BCUT2D eigenvalue weighted by atomic mass is 10.0. The van der Waals surface area contributed by atoms with Gasteiger partial charge in [0.1, 0.15) is 11.9 Å². The monoisotopic (exact) mass is 308 g/mol. The van der Waals surface area contributed by atoms with E-state index >= 15 is 0 Å². The minimum absolute atomic E-state index is 0.140. The molecule has 2 atom stereocenters. The zero-order valence-corrected chi connectivity index (χ0v) is 12.4. The molecule has 2 fully saturated rings. The van der Waals surface area contributed by atoms with Crippen molar-refractivity contribution in [2.75, 3.05) is 24.5 Å².